The summed E-state index contributed by atoms with van der Waals surface area (Å²) in [5, 5.41) is 31.4. The van der Waals surface area contributed by atoms with Crippen molar-refractivity contribution < 1.29 is 24.9 Å². The predicted octanol–water partition coefficient (Wildman–Crippen LogP) is 2.34. The molecule has 6 heteroatoms. The molecule has 0 aromatic carbocycles. The Morgan fingerprint density at radius 2 is 1.70 bits per heavy atom. The van der Waals surface area contributed by atoms with Crippen LogP contribution in [0.2, 0.25) is 0 Å². The maximum atomic E-state index is 13.7. The molecule has 0 spiro atoms. The first-order valence-corrected chi connectivity index (χ1v) is 12.4. The first-order chi connectivity index (χ1) is 14.5. The highest BCUT2D eigenvalue weighted by atomic mass is 16.5. The summed E-state index contributed by atoms with van der Waals surface area (Å²) in [7, 11) is 0. The van der Waals surface area contributed by atoms with Gasteiger partial charge in [0.15, 0.2) is 0 Å². The van der Waals surface area contributed by atoms with Gasteiger partial charge in [-0.05, 0) is 43.4 Å². The van der Waals surface area contributed by atoms with Crippen molar-refractivity contribution in [1.29, 1.82) is 0 Å². The molecule has 4 aliphatic rings. The van der Waals surface area contributed by atoms with Gasteiger partial charge >= 0.3 is 0 Å². The molecule has 8 atom stereocenters. The van der Waals surface area contributed by atoms with Gasteiger partial charge in [0.25, 0.3) is 0 Å². The molecule has 4 rings (SSSR count). The lowest BCUT2D eigenvalue weighted by atomic mass is 9.74. The molecular formula is C24H41NO5. The number of carbonyl (C=O) groups excluding carboxylic acids is 1. The first kappa shape index (κ1) is 22.5. The zero-order valence-corrected chi connectivity index (χ0v) is 18.5. The highest BCUT2D eigenvalue weighted by molar-refractivity contribution is 5.81. The van der Waals surface area contributed by atoms with Crippen molar-refractivity contribution in [1.82, 2.24) is 4.90 Å². The third kappa shape index (κ3) is 4.43. The lowest BCUT2D eigenvalue weighted by molar-refractivity contribution is -0.171. The van der Waals surface area contributed by atoms with Crippen LogP contribution in [0.1, 0.15) is 71.1 Å². The minimum atomic E-state index is -0.901. The minimum absolute atomic E-state index is 0.0124. The summed E-state index contributed by atoms with van der Waals surface area (Å²) in [4.78, 5) is 15.6. The van der Waals surface area contributed by atoms with Crippen molar-refractivity contribution in [3.8, 4) is 0 Å². The Morgan fingerprint density at radius 3 is 2.43 bits per heavy atom. The number of rotatable bonds is 5. The summed E-state index contributed by atoms with van der Waals surface area (Å²) in [5.41, 5.74) is 0. The second kappa shape index (κ2) is 9.85. The molecule has 172 valence electrons. The van der Waals surface area contributed by atoms with E-state index in [1.807, 2.05) is 11.8 Å². The van der Waals surface area contributed by atoms with Gasteiger partial charge in [0.2, 0.25) is 5.91 Å². The number of fused-ring (bicyclic) bond motifs is 1. The van der Waals surface area contributed by atoms with Crippen LogP contribution in [0.5, 0.6) is 0 Å². The fraction of sp³-hybridized carbons (Fsp3) is 0.958. The molecular weight excluding hydrogens is 382 g/mol. The molecule has 1 heterocycles. The minimum Gasteiger partial charge on any atom is -0.394 e. The van der Waals surface area contributed by atoms with Crippen molar-refractivity contribution in [2.75, 3.05) is 19.8 Å². The topological polar surface area (TPSA) is 90.2 Å². The molecule has 0 aromatic heterocycles. The Bertz CT molecular complexity index is 580. The average Bonchev–Trinajstić information content (AvgIpc) is 3.14. The molecule has 3 saturated carbocycles. The molecule has 6 nitrogen and oxygen atoms in total. The molecule has 1 saturated heterocycles. The van der Waals surface area contributed by atoms with Gasteiger partial charge in [0, 0.05) is 25.5 Å². The number of ether oxygens (including phenoxy) is 1. The molecule has 3 N–H and O–H groups in total. The second-order valence-electron chi connectivity index (χ2n) is 10.5. The van der Waals surface area contributed by atoms with E-state index in [9.17, 15) is 20.1 Å². The van der Waals surface area contributed by atoms with Gasteiger partial charge in [-0.2, -0.15) is 0 Å². The van der Waals surface area contributed by atoms with Crippen molar-refractivity contribution in [2.45, 2.75) is 95.5 Å². The van der Waals surface area contributed by atoms with E-state index in [1.165, 1.54) is 32.1 Å². The summed E-state index contributed by atoms with van der Waals surface area (Å²) in [6, 6.07) is -0.142. The largest absolute Gasteiger partial charge is 0.394 e. The molecule has 4 fully saturated rings. The second-order valence-corrected chi connectivity index (χ2v) is 10.5. The van der Waals surface area contributed by atoms with E-state index < -0.39 is 24.2 Å². The van der Waals surface area contributed by atoms with Crippen LogP contribution in [0, 0.1) is 29.6 Å². The first-order valence-electron chi connectivity index (χ1n) is 12.4. The number of aliphatic hydroxyl groups is 3. The van der Waals surface area contributed by atoms with E-state index in [0.29, 0.717) is 30.9 Å². The van der Waals surface area contributed by atoms with E-state index in [0.717, 1.165) is 25.7 Å². The van der Waals surface area contributed by atoms with Gasteiger partial charge in [0.05, 0.1) is 36.9 Å². The number of aliphatic hydroxyl groups excluding tert-OH is 3. The number of amides is 1. The number of nitrogens with zero attached hydrogens (tertiary/aromatic N) is 1. The van der Waals surface area contributed by atoms with Crippen LogP contribution in [0.4, 0.5) is 0 Å². The summed E-state index contributed by atoms with van der Waals surface area (Å²) < 4.78 is 6.33. The fourth-order valence-corrected chi connectivity index (χ4v) is 6.80. The van der Waals surface area contributed by atoms with Crippen LogP contribution in [-0.4, -0.2) is 70.2 Å². The van der Waals surface area contributed by atoms with Crippen molar-refractivity contribution in [2.24, 2.45) is 29.6 Å². The van der Waals surface area contributed by atoms with Gasteiger partial charge in [0.1, 0.15) is 0 Å². The molecule has 0 aromatic rings. The maximum Gasteiger partial charge on any atom is 0.231 e. The lowest BCUT2D eigenvalue weighted by Crippen LogP contribution is -2.57. The lowest BCUT2D eigenvalue weighted by Gasteiger charge is -2.44. The number of hydrogen-bond donors (Lipinski definition) is 3. The van der Waals surface area contributed by atoms with E-state index in [1.54, 1.807) is 0 Å². The summed E-state index contributed by atoms with van der Waals surface area (Å²) in [5.74, 6) is 0.425. The SMILES string of the molecule is CC1C(O)CC(O)C(C(=O)N2CC3CCCCC3C2CO)C1OCC1CCCCC1. The van der Waals surface area contributed by atoms with Gasteiger partial charge < -0.3 is 25.0 Å². The Balaban J connectivity index is 1.50. The van der Waals surface area contributed by atoms with E-state index >= 15 is 0 Å². The zero-order chi connectivity index (χ0) is 21.3. The van der Waals surface area contributed by atoms with Crippen molar-refractivity contribution >= 4 is 5.91 Å². The van der Waals surface area contributed by atoms with Crippen molar-refractivity contribution in [3.05, 3.63) is 0 Å². The zero-order valence-electron chi connectivity index (χ0n) is 18.5. The van der Waals surface area contributed by atoms with Crippen LogP contribution < -0.4 is 0 Å². The van der Waals surface area contributed by atoms with Crippen LogP contribution in [-0.2, 0) is 9.53 Å². The third-order valence-corrected chi connectivity index (χ3v) is 8.67. The van der Waals surface area contributed by atoms with Gasteiger partial charge in [-0.15, -0.1) is 0 Å². The molecule has 30 heavy (non-hydrogen) atoms. The third-order valence-electron chi connectivity index (χ3n) is 8.67. The van der Waals surface area contributed by atoms with E-state index in [2.05, 4.69) is 0 Å². The summed E-state index contributed by atoms with van der Waals surface area (Å²) in [6.45, 7) is 3.22. The summed E-state index contributed by atoms with van der Waals surface area (Å²) in [6.07, 6.45) is 8.81. The fourth-order valence-electron chi connectivity index (χ4n) is 6.80. The van der Waals surface area contributed by atoms with Gasteiger partial charge in [-0.3, -0.25) is 4.79 Å². The Morgan fingerprint density at radius 1 is 1.00 bits per heavy atom. The predicted molar refractivity (Wildman–Crippen MR) is 114 cm³/mol. The molecule has 3 aliphatic carbocycles. The Hall–Kier alpha value is -0.690. The molecule has 0 radical (unpaired) electrons. The smallest absolute Gasteiger partial charge is 0.231 e. The highest BCUT2D eigenvalue weighted by Crippen LogP contribution is 2.43. The van der Waals surface area contributed by atoms with Gasteiger partial charge in [-0.25, -0.2) is 0 Å². The molecule has 0 bridgehead atoms. The van der Waals surface area contributed by atoms with Crippen molar-refractivity contribution in [3.63, 3.8) is 0 Å². The quantitative estimate of drug-likeness (QED) is 0.631. The average molecular weight is 424 g/mol. The van der Waals surface area contributed by atoms with Crippen LogP contribution in [0.25, 0.3) is 0 Å². The summed E-state index contributed by atoms with van der Waals surface area (Å²) >= 11 is 0. The Labute approximate surface area is 181 Å². The van der Waals surface area contributed by atoms with E-state index in [-0.39, 0.29) is 30.9 Å². The highest BCUT2D eigenvalue weighted by Gasteiger charge is 2.51. The molecule has 1 amide bonds. The molecule has 8 unspecified atom stereocenters. The van der Waals surface area contributed by atoms with Gasteiger partial charge in [-0.1, -0.05) is 39.0 Å². The standard InChI is InChI=1S/C24H41NO5/c1-15-20(27)11-21(28)22(23(15)30-14-16-7-3-2-4-8-16)24(29)25-12-17-9-5-6-10-18(17)19(25)13-26/h15-23,26-28H,2-14H2,1H3. The number of likely N-dealkylation sites (tertiary alicyclic amines) is 1. The normalized spacial score (nSPS) is 42.9. The molecule has 1 aliphatic heterocycles. The van der Waals surface area contributed by atoms with Crippen LogP contribution >= 0.6 is 0 Å². The number of carbonyl (C=O) groups is 1. The Kier molecular flexibility index (Phi) is 7.38. The van der Waals surface area contributed by atoms with Crippen LogP contribution in [0.15, 0.2) is 0 Å². The van der Waals surface area contributed by atoms with E-state index in [4.69, 9.17) is 4.74 Å². The van der Waals surface area contributed by atoms with Crippen LogP contribution in [0.3, 0.4) is 0 Å². The maximum absolute atomic E-state index is 13.7. The number of hydrogen-bond acceptors (Lipinski definition) is 5. The monoisotopic (exact) mass is 423 g/mol.